The molecule has 49 heavy (non-hydrogen) atoms. The third-order valence-corrected chi connectivity index (χ3v) is 15.7. The van der Waals surface area contributed by atoms with Gasteiger partial charge in [0.15, 0.2) is 0 Å². The number of hydrogen-bond donors (Lipinski definition) is 2. The number of nitrogens with one attached hydrogen (secondary N) is 2. The number of methoxy groups -OCH3 is 1. The number of nitrogens with zero attached hydrogens (tertiary/aromatic N) is 2. The van der Waals surface area contributed by atoms with Crippen LogP contribution in [0.25, 0.3) is 5.57 Å². The van der Waals surface area contributed by atoms with Crippen LogP contribution < -0.4 is 10.6 Å². The largest absolute Gasteiger partial charge is 0.465 e. The molecule has 0 spiro atoms. The third-order valence-electron chi connectivity index (χ3n) is 15.7. The van der Waals surface area contributed by atoms with Gasteiger partial charge in [-0.1, -0.05) is 65.0 Å². The molecular weight excluding hydrogens is 604 g/mol. The quantitative estimate of drug-likeness (QED) is 0.166. The lowest BCUT2D eigenvalue weighted by Crippen LogP contribution is -2.68. The Morgan fingerprint density at radius 3 is 2.39 bits per heavy atom. The zero-order chi connectivity index (χ0) is 34.8. The molecule has 6 nitrogen and oxygen atoms in total. The number of carbonyl (C=O) groups is 1. The summed E-state index contributed by atoms with van der Waals surface area (Å²) in [6.07, 6.45) is 15.8. The van der Waals surface area contributed by atoms with Crippen molar-refractivity contribution in [1.82, 2.24) is 15.5 Å². The molecule has 264 valence electrons. The van der Waals surface area contributed by atoms with Gasteiger partial charge < -0.3 is 15.4 Å². The summed E-state index contributed by atoms with van der Waals surface area (Å²) < 4.78 is 4.97. The van der Waals surface area contributed by atoms with Gasteiger partial charge in [-0.3, -0.25) is 0 Å². The Morgan fingerprint density at radius 1 is 0.918 bits per heavy atom. The molecule has 7 rings (SSSR count). The van der Waals surface area contributed by atoms with Gasteiger partial charge in [-0.2, -0.15) is 5.10 Å². The molecule has 2 N–H and O–H groups in total. The average molecular weight is 665 g/mol. The molecule has 1 heterocycles. The highest BCUT2D eigenvalue weighted by Crippen LogP contribution is 2.76. The minimum atomic E-state index is -0.273. The van der Waals surface area contributed by atoms with Gasteiger partial charge in [0.05, 0.1) is 12.7 Å². The average Bonchev–Trinajstić information content (AvgIpc) is 3.47. The van der Waals surface area contributed by atoms with Crippen LogP contribution in [-0.2, 0) is 4.74 Å². The van der Waals surface area contributed by atoms with Crippen LogP contribution in [0, 0.1) is 51.2 Å². The lowest BCUT2D eigenvalue weighted by Gasteiger charge is -2.72. The monoisotopic (exact) mass is 664 g/mol. The second-order valence-corrected chi connectivity index (χ2v) is 17.9. The van der Waals surface area contributed by atoms with Gasteiger partial charge in [-0.15, -0.1) is 5.10 Å². The maximum Gasteiger partial charge on any atom is 0.337 e. The zero-order valence-electron chi connectivity index (χ0n) is 31.2. The van der Waals surface area contributed by atoms with Crippen molar-refractivity contribution in [2.75, 3.05) is 25.5 Å². The fourth-order valence-electron chi connectivity index (χ4n) is 13.4. The molecule has 4 fully saturated rings. The smallest absolute Gasteiger partial charge is 0.337 e. The van der Waals surface area contributed by atoms with E-state index in [0.717, 1.165) is 25.3 Å². The molecule has 5 aliphatic carbocycles. The molecule has 5 aliphatic rings. The van der Waals surface area contributed by atoms with Gasteiger partial charge in [0.1, 0.15) is 5.82 Å². The molecular formula is C43H60N4O2. The van der Waals surface area contributed by atoms with Crippen LogP contribution in [0.15, 0.2) is 60.8 Å². The molecule has 9 atom stereocenters. The van der Waals surface area contributed by atoms with Gasteiger partial charge >= 0.3 is 5.97 Å². The zero-order valence-corrected chi connectivity index (χ0v) is 31.2. The van der Waals surface area contributed by atoms with Crippen molar-refractivity contribution in [2.24, 2.45) is 51.2 Å². The van der Waals surface area contributed by atoms with Gasteiger partial charge in [0.25, 0.3) is 0 Å². The molecule has 0 aliphatic heterocycles. The molecule has 0 saturated heterocycles. The van der Waals surface area contributed by atoms with E-state index in [4.69, 9.17) is 4.74 Å². The lowest BCUT2D eigenvalue weighted by atomic mass is 9.33. The molecule has 4 saturated carbocycles. The molecule has 0 unspecified atom stereocenters. The SMILES string of the molecule is C=C(C)[C@@H]1CC[C@]2(NCCNc3cccnn3)CC[C@]3(C)[C@H](CC[C@@H]4[C@@]5(C)CC=C(c6ccc(C(=O)OC)cc6)C(C)(C)[C@@H]5CC[C@]43C)[C@@H]12. The first kappa shape index (κ1) is 34.5. The standard InChI is InChI=1S/C43H60N4O2/c1-28(2)31-17-22-43(45-27-26-44-36-10-9-25-46-47-36)24-23-41(6)33(37(31)43)15-16-35-40(5)20-18-32(29-11-13-30(14-12-29)38(48)49-8)39(3,4)34(40)19-21-42(35,41)7/h9-14,18,25,31,33-35,37,45H,1,15-17,19-24,26-27H2,2-8H3,(H,44,47)/t31-,33+,34-,35+,37+,40-,41+,42+,43-/m0/s1. The minimum absolute atomic E-state index is 0.0559. The predicted octanol–water partition coefficient (Wildman–Crippen LogP) is 9.37. The van der Waals surface area contributed by atoms with Crippen molar-refractivity contribution in [2.45, 2.75) is 105 Å². The summed E-state index contributed by atoms with van der Waals surface area (Å²) in [6, 6.07) is 12.1. The topological polar surface area (TPSA) is 76.1 Å². The molecule has 1 aromatic heterocycles. The lowest BCUT2D eigenvalue weighted by molar-refractivity contribution is -0.219. The van der Waals surface area contributed by atoms with Crippen LogP contribution in [0.3, 0.4) is 0 Å². The van der Waals surface area contributed by atoms with E-state index < -0.39 is 0 Å². The first-order chi connectivity index (χ1) is 23.3. The van der Waals surface area contributed by atoms with E-state index in [2.05, 4.69) is 87.2 Å². The number of allylic oxidation sites excluding steroid dienone is 3. The number of benzene rings is 1. The highest BCUT2D eigenvalue weighted by atomic mass is 16.5. The van der Waals surface area contributed by atoms with Gasteiger partial charge in [-0.25, -0.2) is 4.79 Å². The molecule has 0 radical (unpaired) electrons. The summed E-state index contributed by atoms with van der Waals surface area (Å²) in [5.41, 5.74) is 5.85. The number of hydrogen-bond acceptors (Lipinski definition) is 6. The normalized spacial score (nSPS) is 39.0. The van der Waals surface area contributed by atoms with Crippen molar-refractivity contribution in [3.05, 3.63) is 72.0 Å². The summed E-state index contributed by atoms with van der Waals surface area (Å²) in [5, 5.41) is 15.9. The van der Waals surface area contributed by atoms with Crippen molar-refractivity contribution >= 4 is 17.4 Å². The number of rotatable bonds is 8. The van der Waals surface area contributed by atoms with Crippen LogP contribution in [0.1, 0.15) is 115 Å². The van der Waals surface area contributed by atoms with Crippen molar-refractivity contribution in [1.29, 1.82) is 0 Å². The summed E-state index contributed by atoms with van der Waals surface area (Å²) >= 11 is 0. The van der Waals surface area contributed by atoms with E-state index in [1.807, 2.05) is 24.3 Å². The second-order valence-electron chi connectivity index (χ2n) is 17.9. The Kier molecular flexibility index (Phi) is 8.69. The Hall–Kier alpha value is -2.99. The maximum atomic E-state index is 12.1. The van der Waals surface area contributed by atoms with Gasteiger partial charge in [0.2, 0.25) is 0 Å². The summed E-state index contributed by atoms with van der Waals surface area (Å²) in [7, 11) is 1.45. The molecule has 6 heteroatoms. The summed E-state index contributed by atoms with van der Waals surface area (Å²) in [6.45, 7) is 21.8. The van der Waals surface area contributed by atoms with Crippen LogP contribution in [0.4, 0.5) is 5.82 Å². The van der Waals surface area contributed by atoms with Crippen LogP contribution in [-0.4, -0.2) is 41.9 Å². The second kappa shape index (κ2) is 12.4. The first-order valence-electron chi connectivity index (χ1n) is 19.1. The summed E-state index contributed by atoms with van der Waals surface area (Å²) in [5.74, 6) is 3.86. The summed E-state index contributed by atoms with van der Waals surface area (Å²) in [4.78, 5) is 12.1. The molecule has 2 aromatic rings. The molecule has 0 bridgehead atoms. The van der Waals surface area contributed by atoms with Gasteiger partial charge in [0, 0.05) is 24.8 Å². The number of aromatic nitrogens is 2. The number of ether oxygens (including phenoxy) is 1. The fraction of sp³-hybridized carbons (Fsp3) is 0.651. The Balaban J connectivity index is 1.15. The van der Waals surface area contributed by atoms with Crippen LogP contribution >= 0.6 is 0 Å². The Morgan fingerprint density at radius 2 is 1.69 bits per heavy atom. The minimum Gasteiger partial charge on any atom is -0.465 e. The predicted molar refractivity (Wildman–Crippen MR) is 199 cm³/mol. The number of fused-ring (bicyclic) bond motifs is 7. The number of esters is 1. The fourth-order valence-corrected chi connectivity index (χ4v) is 13.4. The molecule has 1 aromatic carbocycles. The van der Waals surface area contributed by atoms with Crippen molar-refractivity contribution < 1.29 is 9.53 Å². The van der Waals surface area contributed by atoms with E-state index in [1.165, 1.54) is 75.2 Å². The Bertz CT molecular complexity index is 1600. The van der Waals surface area contributed by atoms with E-state index in [-0.39, 0.29) is 22.3 Å². The first-order valence-corrected chi connectivity index (χ1v) is 19.1. The maximum absolute atomic E-state index is 12.1. The highest BCUT2D eigenvalue weighted by Gasteiger charge is 2.70. The molecule has 0 amide bonds. The van der Waals surface area contributed by atoms with E-state index in [9.17, 15) is 4.79 Å². The highest BCUT2D eigenvalue weighted by molar-refractivity contribution is 5.90. The van der Waals surface area contributed by atoms with Crippen LogP contribution in [0.2, 0.25) is 0 Å². The number of carbonyl (C=O) groups excluding carboxylic acids is 1. The van der Waals surface area contributed by atoms with Crippen molar-refractivity contribution in [3.8, 4) is 0 Å². The van der Waals surface area contributed by atoms with Gasteiger partial charge in [-0.05, 0) is 151 Å². The number of anilines is 1. The van der Waals surface area contributed by atoms with E-state index >= 15 is 0 Å². The van der Waals surface area contributed by atoms with Crippen molar-refractivity contribution in [3.63, 3.8) is 0 Å². The third kappa shape index (κ3) is 5.24. The Labute approximate surface area is 295 Å². The van der Waals surface area contributed by atoms with E-state index in [0.29, 0.717) is 46.0 Å². The van der Waals surface area contributed by atoms with Crippen LogP contribution in [0.5, 0.6) is 0 Å². The van der Waals surface area contributed by atoms with E-state index in [1.54, 1.807) is 6.20 Å².